The van der Waals surface area contributed by atoms with E-state index in [1.54, 1.807) is 11.3 Å². The number of rotatable bonds is 1. The second-order valence-corrected chi connectivity index (χ2v) is 4.45. The molecule has 2 aromatic heterocycles. The van der Waals surface area contributed by atoms with E-state index in [-0.39, 0.29) is 0 Å². The first kappa shape index (κ1) is 8.68. The van der Waals surface area contributed by atoms with Crippen LogP contribution in [0.25, 0.3) is 21.5 Å². The van der Waals surface area contributed by atoms with Crippen molar-refractivity contribution >= 4 is 22.2 Å². The summed E-state index contributed by atoms with van der Waals surface area (Å²) in [5, 5.41) is 4.33. The lowest BCUT2D eigenvalue weighted by Crippen LogP contribution is -1.78. The number of hydrogen-bond donors (Lipinski definition) is 1. The zero-order valence-corrected chi connectivity index (χ0v) is 9.14. The predicted molar refractivity (Wildman–Crippen MR) is 64.1 cm³/mol. The Hall–Kier alpha value is -1.61. The van der Waals surface area contributed by atoms with Gasteiger partial charge in [0.15, 0.2) is 0 Å². The maximum atomic E-state index is 4.34. The Bertz CT molecular complexity index is 593. The first-order valence-electron chi connectivity index (χ1n) is 4.83. The molecule has 0 aliphatic carbocycles. The Labute approximate surface area is 91.6 Å². The highest BCUT2D eigenvalue weighted by atomic mass is 32.1. The molecule has 0 radical (unpaired) electrons. The summed E-state index contributed by atoms with van der Waals surface area (Å²) in [7, 11) is 0. The fourth-order valence-corrected chi connectivity index (χ4v) is 2.50. The van der Waals surface area contributed by atoms with Crippen LogP contribution in [0.2, 0.25) is 0 Å². The maximum absolute atomic E-state index is 4.34. The molecule has 3 rings (SSSR count). The third-order valence-electron chi connectivity index (χ3n) is 2.45. The normalized spacial score (nSPS) is 11.0. The van der Waals surface area contributed by atoms with Crippen molar-refractivity contribution < 1.29 is 0 Å². The highest BCUT2D eigenvalue weighted by molar-refractivity contribution is 7.13. The van der Waals surface area contributed by atoms with Crippen LogP contribution in [0.5, 0.6) is 0 Å². The fourth-order valence-electron chi connectivity index (χ4n) is 1.83. The van der Waals surface area contributed by atoms with Gasteiger partial charge in [-0.2, -0.15) is 0 Å². The van der Waals surface area contributed by atoms with Crippen molar-refractivity contribution in [1.29, 1.82) is 0 Å². The van der Waals surface area contributed by atoms with E-state index in [2.05, 4.69) is 41.2 Å². The fraction of sp³-hybridized carbons (Fsp3) is 0.0833. The number of fused-ring (bicyclic) bond motifs is 1. The molecule has 1 N–H and O–H groups in total. The molecule has 0 spiro atoms. The van der Waals surface area contributed by atoms with E-state index < -0.39 is 0 Å². The van der Waals surface area contributed by atoms with Crippen molar-refractivity contribution in [3.05, 3.63) is 41.5 Å². The number of nitrogens with one attached hydrogen (secondary N) is 1. The van der Waals surface area contributed by atoms with Crippen molar-refractivity contribution in [3.63, 3.8) is 0 Å². The number of para-hydroxylation sites is 1. The molecule has 0 bridgehead atoms. The molecule has 2 heterocycles. The van der Waals surface area contributed by atoms with Gasteiger partial charge in [0.2, 0.25) is 0 Å². The Morgan fingerprint density at radius 3 is 3.07 bits per heavy atom. The Morgan fingerprint density at radius 1 is 1.33 bits per heavy atom. The molecule has 0 unspecified atom stereocenters. The van der Waals surface area contributed by atoms with Crippen molar-refractivity contribution in [2.24, 2.45) is 0 Å². The van der Waals surface area contributed by atoms with E-state index in [4.69, 9.17) is 0 Å². The summed E-state index contributed by atoms with van der Waals surface area (Å²) in [4.78, 5) is 7.73. The van der Waals surface area contributed by atoms with Crippen molar-refractivity contribution in [3.8, 4) is 10.6 Å². The molecule has 0 aliphatic heterocycles. The smallest absolute Gasteiger partial charge is 0.125 e. The number of aryl methyl sites for hydroxylation is 1. The van der Waals surface area contributed by atoms with Crippen LogP contribution in [0.15, 0.2) is 35.8 Å². The lowest BCUT2D eigenvalue weighted by molar-refractivity contribution is 1.30. The minimum absolute atomic E-state index is 1.07. The summed E-state index contributed by atoms with van der Waals surface area (Å²) in [5.41, 5.74) is 3.56. The van der Waals surface area contributed by atoms with Gasteiger partial charge in [0.05, 0.1) is 5.52 Å². The van der Waals surface area contributed by atoms with Crippen LogP contribution in [0, 0.1) is 6.92 Å². The first-order chi connectivity index (χ1) is 7.34. The molecule has 3 aromatic rings. The quantitative estimate of drug-likeness (QED) is 0.658. The van der Waals surface area contributed by atoms with Gasteiger partial charge in [-0.25, -0.2) is 4.98 Å². The van der Waals surface area contributed by atoms with Crippen molar-refractivity contribution in [2.45, 2.75) is 6.92 Å². The molecule has 0 fully saturated rings. The average Bonchev–Trinajstić information content (AvgIpc) is 2.82. The van der Waals surface area contributed by atoms with Gasteiger partial charge in [0.1, 0.15) is 5.01 Å². The zero-order valence-electron chi connectivity index (χ0n) is 8.32. The molecule has 0 saturated carbocycles. The van der Waals surface area contributed by atoms with Gasteiger partial charge in [-0.3, -0.25) is 0 Å². The second-order valence-electron chi connectivity index (χ2n) is 3.56. The molecule has 15 heavy (non-hydrogen) atoms. The zero-order chi connectivity index (χ0) is 10.3. The molecule has 3 heteroatoms. The summed E-state index contributed by atoms with van der Waals surface area (Å²) in [5.74, 6) is 0. The van der Waals surface area contributed by atoms with E-state index in [1.165, 1.54) is 22.2 Å². The third kappa shape index (κ3) is 1.36. The highest BCUT2D eigenvalue weighted by Gasteiger charge is 2.07. The van der Waals surface area contributed by atoms with Gasteiger partial charge in [0, 0.05) is 28.2 Å². The molecular weight excluding hydrogens is 204 g/mol. The summed E-state index contributed by atoms with van der Waals surface area (Å²) in [6, 6.07) is 8.46. The molecule has 74 valence electrons. The van der Waals surface area contributed by atoms with Crippen LogP contribution in [0.3, 0.4) is 0 Å². The number of aromatic amines is 1. The lowest BCUT2D eigenvalue weighted by atomic mass is 10.1. The topological polar surface area (TPSA) is 28.7 Å². The van der Waals surface area contributed by atoms with Gasteiger partial charge in [0.25, 0.3) is 0 Å². The minimum atomic E-state index is 1.07. The van der Waals surface area contributed by atoms with Crippen LogP contribution >= 0.6 is 11.3 Å². The summed E-state index contributed by atoms with van der Waals surface area (Å²) in [6.45, 7) is 2.08. The molecule has 0 aliphatic rings. The van der Waals surface area contributed by atoms with Gasteiger partial charge in [-0.15, -0.1) is 11.3 Å². The number of thiazole rings is 1. The van der Waals surface area contributed by atoms with E-state index in [0.29, 0.717) is 0 Å². The van der Waals surface area contributed by atoms with E-state index in [9.17, 15) is 0 Å². The van der Waals surface area contributed by atoms with Crippen molar-refractivity contribution in [1.82, 2.24) is 9.97 Å². The summed E-state index contributed by atoms with van der Waals surface area (Å²) >= 11 is 1.67. The average molecular weight is 214 g/mol. The standard InChI is InChI=1S/C12H10N2S/c1-8-7-9-3-2-4-10(11(9)14-8)12-13-5-6-15-12/h2-7,14H,1H3. The van der Waals surface area contributed by atoms with Gasteiger partial charge in [-0.05, 0) is 19.1 Å². The first-order valence-corrected chi connectivity index (χ1v) is 5.71. The summed E-state index contributed by atoms with van der Waals surface area (Å²) < 4.78 is 0. The highest BCUT2D eigenvalue weighted by Crippen LogP contribution is 2.29. The molecule has 1 aromatic carbocycles. The minimum Gasteiger partial charge on any atom is -0.358 e. The Kier molecular flexibility index (Phi) is 1.86. The second kappa shape index (κ2) is 3.21. The van der Waals surface area contributed by atoms with Gasteiger partial charge >= 0.3 is 0 Å². The predicted octanol–water partition coefficient (Wildman–Crippen LogP) is 3.60. The molecule has 2 nitrogen and oxygen atoms in total. The molecule has 0 atom stereocenters. The monoisotopic (exact) mass is 214 g/mol. The van der Waals surface area contributed by atoms with Crippen LogP contribution in [-0.2, 0) is 0 Å². The Balaban J connectivity index is 2.35. The largest absolute Gasteiger partial charge is 0.358 e. The SMILES string of the molecule is Cc1cc2cccc(-c3nccs3)c2[nH]1. The third-order valence-corrected chi connectivity index (χ3v) is 3.26. The van der Waals surface area contributed by atoms with Crippen LogP contribution in [0.4, 0.5) is 0 Å². The number of nitrogens with zero attached hydrogens (tertiary/aromatic N) is 1. The van der Waals surface area contributed by atoms with Crippen LogP contribution < -0.4 is 0 Å². The van der Waals surface area contributed by atoms with Crippen LogP contribution in [0.1, 0.15) is 5.69 Å². The van der Waals surface area contributed by atoms with E-state index >= 15 is 0 Å². The lowest BCUT2D eigenvalue weighted by Gasteiger charge is -1.98. The van der Waals surface area contributed by atoms with Gasteiger partial charge in [-0.1, -0.05) is 12.1 Å². The maximum Gasteiger partial charge on any atom is 0.125 e. The number of aromatic nitrogens is 2. The molecular formula is C12H10N2S. The molecule has 0 saturated heterocycles. The van der Waals surface area contributed by atoms with Crippen molar-refractivity contribution in [2.75, 3.05) is 0 Å². The summed E-state index contributed by atoms with van der Waals surface area (Å²) in [6.07, 6.45) is 1.84. The Morgan fingerprint density at radius 2 is 2.27 bits per heavy atom. The van der Waals surface area contributed by atoms with E-state index in [0.717, 1.165) is 5.01 Å². The number of H-pyrrole nitrogens is 1. The number of hydrogen-bond acceptors (Lipinski definition) is 2. The number of benzene rings is 1. The van der Waals surface area contributed by atoms with E-state index in [1.807, 2.05) is 11.6 Å². The van der Waals surface area contributed by atoms with Gasteiger partial charge < -0.3 is 4.98 Å². The molecule has 0 amide bonds. The van der Waals surface area contributed by atoms with Crippen LogP contribution in [-0.4, -0.2) is 9.97 Å².